The molecule has 1 aliphatic carbocycles. The van der Waals surface area contributed by atoms with Crippen LogP contribution in [-0.4, -0.2) is 17.5 Å². The Labute approximate surface area is 144 Å². The number of carbonyl (C=O) groups excluding carboxylic acids is 1. The summed E-state index contributed by atoms with van der Waals surface area (Å²) in [5.41, 5.74) is 2.72. The number of halogens is 2. The number of amides is 1. The molecule has 1 aromatic carbocycles. The van der Waals surface area contributed by atoms with Crippen LogP contribution in [0.4, 0.5) is 5.69 Å². The number of nitrogens with zero attached hydrogens (tertiary/aromatic N) is 1. The fourth-order valence-electron chi connectivity index (χ4n) is 2.65. The molecule has 0 saturated heterocycles. The van der Waals surface area contributed by atoms with E-state index in [9.17, 15) is 4.79 Å². The molecular weight excluding hydrogens is 335 g/mol. The number of hydrogen-bond acceptors (Lipinski definition) is 3. The van der Waals surface area contributed by atoms with Gasteiger partial charge in [0.15, 0.2) is 6.61 Å². The molecule has 0 saturated carbocycles. The fourth-order valence-corrected chi connectivity index (χ4v) is 3.10. The van der Waals surface area contributed by atoms with E-state index in [1.807, 2.05) is 6.07 Å². The molecule has 0 aliphatic heterocycles. The second-order valence-corrected chi connectivity index (χ2v) is 6.25. The van der Waals surface area contributed by atoms with Gasteiger partial charge in [0.05, 0.1) is 10.7 Å². The van der Waals surface area contributed by atoms with Crippen LogP contribution in [0.15, 0.2) is 30.5 Å². The minimum absolute atomic E-state index is 0.0740. The van der Waals surface area contributed by atoms with E-state index in [1.165, 1.54) is 0 Å². The summed E-state index contributed by atoms with van der Waals surface area (Å²) in [6.45, 7) is -0.0740. The lowest BCUT2D eigenvalue weighted by molar-refractivity contribution is -0.118. The Hall–Kier alpha value is -1.78. The van der Waals surface area contributed by atoms with E-state index in [0.29, 0.717) is 15.7 Å². The molecule has 4 nitrogen and oxygen atoms in total. The van der Waals surface area contributed by atoms with Gasteiger partial charge in [-0.25, -0.2) is 0 Å². The molecule has 0 unspecified atom stereocenters. The van der Waals surface area contributed by atoms with Gasteiger partial charge in [0.2, 0.25) is 0 Å². The van der Waals surface area contributed by atoms with Crippen LogP contribution in [0.3, 0.4) is 0 Å². The molecule has 1 heterocycles. The molecule has 0 spiro atoms. The van der Waals surface area contributed by atoms with E-state index in [0.717, 1.165) is 42.7 Å². The van der Waals surface area contributed by atoms with Crippen LogP contribution in [-0.2, 0) is 17.6 Å². The number of ether oxygens (including phenoxy) is 1. The lowest BCUT2D eigenvalue weighted by Gasteiger charge is -2.18. The number of nitrogens with one attached hydrogen (secondary N) is 1. The summed E-state index contributed by atoms with van der Waals surface area (Å²) in [6.07, 6.45) is 5.93. The lowest BCUT2D eigenvalue weighted by Crippen LogP contribution is -2.21. The van der Waals surface area contributed by atoms with Gasteiger partial charge in [0.1, 0.15) is 5.75 Å². The van der Waals surface area contributed by atoms with Gasteiger partial charge < -0.3 is 10.1 Å². The van der Waals surface area contributed by atoms with Crippen LogP contribution in [0, 0.1) is 0 Å². The molecule has 6 heteroatoms. The maximum Gasteiger partial charge on any atom is 0.262 e. The molecule has 0 bridgehead atoms. The van der Waals surface area contributed by atoms with Gasteiger partial charge >= 0.3 is 0 Å². The Morgan fingerprint density at radius 2 is 2.04 bits per heavy atom. The molecular formula is C17H16Cl2N2O2. The van der Waals surface area contributed by atoms with Gasteiger partial charge in [-0.15, -0.1) is 0 Å². The largest absolute Gasteiger partial charge is 0.483 e. The highest BCUT2D eigenvalue weighted by Gasteiger charge is 2.16. The van der Waals surface area contributed by atoms with Crippen LogP contribution < -0.4 is 10.1 Å². The Morgan fingerprint density at radius 3 is 2.87 bits per heavy atom. The number of carbonyl (C=O) groups is 1. The van der Waals surface area contributed by atoms with Crippen molar-refractivity contribution in [3.05, 3.63) is 51.8 Å². The summed E-state index contributed by atoms with van der Waals surface area (Å²) in [6, 6.07) is 6.73. The fraction of sp³-hybridized carbons (Fsp3) is 0.294. The molecule has 0 fully saturated rings. The standard InChI is InChI=1S/C17H16Cl2N2O2/c18-11-5-6-15(13(19)9-11)21-17(22)10-23-16-7-8-20-14-4-2-1-3-12(14)16/h5-9H,1-4,10H2,(H,21,22). The minimum Gasteiger partial charge on any atom is -0.483 e. The van der Waals surface area contributed by atoms with Crippen molar-refractivity contribution in [2.24, 2.45) is 0 Å². The molecule has 0 atom stereocenters. The summed E-state index contributed by atoms with van der Waals surface area (Å²) in [5, 5.41) is 3.63. The SMILES string of the molecule is O=C(COc1ccnc2c1CCCC2)Nc1ccc(Cl)cc1Cl. The number of aryl methyl sites for hydroxylation is 1. The van der Waals surface area contributed by atoms with Gasteiger partial charge in [-0.3, -0.25) is 9.78 Å². The smallest absolute Gasteiger partial charge is 0.262 e. The van der Waals surface area contributed by atoms with E-state index in [4.69, 9.17) is 27.9 Å². The first-order valence-corrected chi connectivity index (χ1v) is 8.23. The first-order valence-electron chi connectivity index (χ1n) is 7.48. The van der Waals surface area contributed by atoms with E-state index < -0.39 is 0 Å². The molecule has 1 N–H and O–H groups in total. The van der Waals surface area contributed by atoms with Gasteiger partial charge in [0, 0.05) is 22.5 Å². The van der Waals surface area contributed by atoms with Crippen LogP contribution in [0.1, 0.15) is 24.1 Å². The number of hydrogen-bond donors (Lipinski definition) is 1. The third kappa shape index (κ3) is 3.95. The molecule has 1 aliphatic rings. The zero-order chi connectivity index (χ0) is 16.2. The average Bonchev–Trinajstić information content (AvgIpc) is 2.55. The van der Waals surface area contributed by atoms with Crippen molar-refractivity contribution < 1.29 is 9.53 Å². The predicted octanol–water partition coefficient (Wildman–Crippen LogP) is 4.28. The van der Waals surface area contributed by atoms with Crippen LogP contribution in [0.2, 0.25) is 10.0 Å². The first kappa shape index (κ1) is 16.1. The van der Waals surface area contributed by atoms with E-state index in [-0.39, 0.29) is 12.5 Å². The highest BCUT2D eigenvalue weighted by atomic mass is 35.5. The number of aromatic nitrogens is 1. The molecule has 3 rings (SSSR count). The number of pyridine rings is 1. The van der Waals surface area contributed by atoms with Crippen LogP contribution >= 0.6 is 23.2 Å². The van der Waals surface area contributed by atoms with E-state index >= 15 is 0 Å². The Kier molecular flexibility index (Phi) is 5.03. The summed E-state index contributed by atoms with van der Waals surface area (Å²) in [4.78, 5) is 16.4. The second kappa shape index (κ2) is 7.20. The predicted molar refractivity (Wildman–Crippen MR) is 91.5 cm³/mol. The molecule has 1 aromatic heterocycles. The van der Waals surface area contributed by atoms with Crippen molar-refractivity contribution in [2.75, 3.05) is 11.9 Å². The number of anilines is 1. The maximum absolute atomic E-state index is 12.0. The molecule has 23 heavy (non-hydrogen) atoms. The van der Waals surface area contributed by atoms with Crippen molar-refractivity contribution in [1.82, 2.24) is 4.98 Å². The zero-order valence-electron chi connectivity index (χ0n) is 12.4. The van der Waals surface area contributed by atoms with Crippen LogP contribution in [0.5, 0.6) is 5.75 Å². The minimum atomic E-state index is -0.268. The Bertz CT molecular complexity index is 735. The van der Waals surface area contributed by atoms with Crippen molar-refractivity contribution in [3.63, 3.8) is 0 Å². The van der Waals surface area contributed by atoms with Crippen LogP contribution in [0.25, 0.3) is 0 Å². The van der Waals surface area contributed by atoms with E-state index in [2.05, 4.69) is 10.3 Å². The summed E-state index contributed by atoms with van der Waals surface area (Å²) < 4.78 is 5.68. The monoisotopic (exact) mass is 350 g/mol. The summed E-state index contributed by atoms with van der Waals surface area (Å²) in [7, 11) is 0. The molecule has 2 aromatic rings. The van der Waals surface area contributed by atoms with Gasteiger partial charge in [-0.05, 0) is 49.9 Å². The Balaban J connectivity index is 1.63. The average molecular weight is 351 g/mol. The van der Waals surface area contributed by atoms with Gasteiger partial charge in [-0.1, -0.05) is 23.2 Å². The van der Waals surface area contributed by atoms with E-state index in [1.54, 1.807) is 24.4 Å². The lowest BCUT2D eigenvalue weighted by atomic mass is 9.95. The summed E-state index contributed by atoms with van der Waals surface area (Å²) >= 11 is 11.9. The van der Waals surface area contributed by atoms with Gasteiger partial charge in [0.25, 0.3) is 5.91 Å². The van der Waals surface area contributed by atoms with Crippen molar-refractivity contribution in [3.8, 4) is 5.75 Å². The quantitative estimate of drug-likeness (QED) is 0.894. The topological polar surface area (TPSA) is 51.2 Å². The third-order valence-corrected chi connectivity index (χ3v) is 4.30. The number of fused-ring (bicyclic) bond motifs is 1. The van der Waals surface area contributed by atoms with Crippen molar-refractivity contribution >= 4 is 34.8 Å². The number of rotatable bonds is 4. The highest BCUT2D eigenvalue weighted by molar-refractivity contribution is 6.36. The second-order valence-electron chi connectivity index (χ2n) is 5.40. The molecule has 120 valence electrons. The summed E-state index contributed by atoms with van der Waals surface area (Å²) in [5.74, 6) is 0.475. The Morgan fingerprint density at radius 1 is 1.22 bits per heavy atom. The molecule has 1 amide bonds. The van der Waals surface area contributed by atoms with Crippen molar-refractivity contribution in [1.29, 1.82) is 0 Å². The number of benzene rings is 1. The first-order chi connectivity index (χ1) is 11.1. The zero-order valence-corrected chi connectivity index (χ0v) is 14.0. The van der Waals surface area contributed by atoms with Gasteiger partial charge in [-0.2, -0.15) is 0 Å². The molecule has 0 radical (unpaired) electrons. The third-order valence-electron chi connectivity index (χ3n) is 3.76. The highest BCUT2D eigenvalue weighted by Crippen LogP contribution is 2.28. The maximum atomic E-state index is 12.0. The normalized spacial score (nSPS) is 13.3. The van der Waals surface area contributed by atoms with Crippen molar-refractivity contribution in [2.45, 2.75) is 25.7 Å².